The fraction of sp³-hybridized carbons (Fsp3) is 0.231. The number of sulfonamides is 1. The van der Waals surface area contributed by atoms with Gasteiger partial charge in [-0.3, -0.25) is 0 Å². The van der Waals surface area contributed by atoms with E-state index in [0.29, 0.717) is 12.0 Å². The molecule has 0 aliphatic heterocycles. The molecule has 0 saturated heterocycles. The average Bonchev–Trinajstić information content (AvgIpc) is 2.90. The van der Waals surface area contributed by atoms with Gasteiger partial charge in [-0.05, 0) is 29.8 Å². The molecule has 21 heavy (non-hydrogen) atoms. The van der Waals surface area contributed by atoms with Crippen LogP contribution in [0, 0.1) is 11.6 Å². The first-order valence-electron chi connectivity index (χ1n) is 6.05. The van der Waals surface area contributed by atoms with Gasteiger partial charge in [-0.2, -0.15) is 0 Å². The number of aliphatic hydroxyl groups excluding tert-OH is 1. The van der Waals surface area contributed by atoms with Gasteiger partial charge >= 0.3 is 0 Å². The second-order valence-corrected chi connectivity index (χ2v) is 7.43. The van der Waals surface area contributed by atoms with E-state index in [0.717, 1.165) is 28.3 Å². The Morgan fingerprint density at radius 2 is 1.90 bits per heavy atom. The summed E-state index contributed by atoms with van der Waals surface area (Å²) in [7, 11) is -3.71. The number of nitrogens with one attached hydrogen (secondary N) is 1. The Morgan fingerprint density at radius 3 is 2.57 bits per heavy atom. The number of hydrogen-bond donors (Lipinski definition) is 2. The van der Waals surface area contributed by atoms with Gasteiger partial charge in [0.05, 0.1) is 0 Å². The summed E-state index contributed by atoms with van der Waals surface area (Å²) in [6.07, 6.45) is 0.392. The van der Waals surface area contributed by atoms with Crippen molar-refractivity contribution in [3.8, 4) is 0 Å². The molecule has 0 spiro atoms. The highest BCUT2D eigenvalue weighted by Gasteiger charge is 2.16. The van der Waals surface area contributed by atoms with Crippen LogP contribution in [-0.2, 0) is 23.0 Å². The topological polar surface area (TPSA) is 66.4 Å². The molecule has 2 N–H and O–H groups in total. The molecule has 4 nitrogen and oxygen atoms in total. The van der Waals surface area contributed by atoms with Crippen LogP contribution in [0.4, 0.5) is 8.78 Å². The van der Waals surface area contributed by atoms with Gasteiger partial charge in [0.2, 0.25) is 10.0 Å². The number of hydrogen-bond acceptors (Lipinski definition) is 4. The Kier molecular flexibility index (Phi) is 5.04. The van der Waals surface area contributed by atoms with Gasteiger partial charge < -0.3 is 5.11 Å². The second-order valence-electron chi connectivity index (χ2n) is 4.27. The number of thiophene rings is 1. The van der Waals surface area contributed by atoms with E-state index in [4.69, 9.17) is 5.11 Å². The van der Waals surface area contributed by atoms with Crippen molar-refractivity contribution < 1.29 is 22.3 Å². The van der Waals surface area contributed by atoms with Gasteiger partial charge in [0.25, 0.3) is 0 Å². The predicted octanol–water partition coefficient (Wildman–Crippen LogP) is 2.04. The lowest BCUT2D eigenvalue weighted by Crippen LogP contribution is -2.22. The Morgan fingerprint density at radius 1 is 1.14 bits per heavy atom. The second kappa shape index (κ2) is 6.61. The highest BCUT2D eigenvalue weighted by molar-refractivity contribution is 7.91. The molecule has 0 aliphatic rings. The van der Waals surface area contributed by atoms with Crippen LogP contribution < -0.4 is 4.72 Å². The van der Waals surface area contributed by atoms with E-state index in [1.54, 1.807) is 6.07 Å². The first-order chi connectivity index (χ1) is 9.92. The first-order valence-corrected chi connectivity index (χ1v) is 8.35. The van der Waals surface area contributed by atoms with Crippen molar-refractivity contribution in [3.05, 3.63) is 52.4 Å². The SMILES string of the molecule is O=S(=O)(NCc1ccc(F)c(F)c1)c1ccc(CCO)s1. The third kappa shape index (κ3) is 4.07. The van der Waals surface area contributed by atoms with E-state index in [1.165, 1.54) is 12.1 Å². The maximum absolute atomic E-state index is 13.0. The van der Waals surface area contributed by atoms with Crippen LogP contribution in [0.25, 0.3) is 0 Å². The smallest absolute Gasteiger partial charge is 0.250 e. The van der Waals surface area contributed by atoms with Crippen LogP contribution >= 0.6 is 11.3 Å². The van der Waals surface area contributed by atoms with E-state index in [1.807, 2.05) is 0 Å². The lowest BCUT2D eigenvalue weighted by molar-refractivity contribution is 0.300. The van der Waals surface area contributed by atoms with E-state index in [2.05, 4.69) is 4.72 Å². The van der Waals surface area contributed by atoms with Crippen molar-refractivity contribution in [2.24, 2.45) is 0 Å². The first kappa shape index (κ1) is 16.0. The summed E-state index contributed by atoms with van der Waals surface area (Å²) in [5, 5.41) is 8.81. The van der Waals surface area contributed by atoms with E-state index in [-0.39, 0.29) is 17.4 Å². The fourth-order valence-corrected chi connectivity index (χ4v) is 4.05. The number of aliphatic hydroxyl groups is 1. The Labute approximate surface area is 125 Å². The van der Waals surface area contributed by atoms with Crippen molar-refractivity contribution in [3.63, 3.8) is 0 Å². The average molecular weight is 333 g/mol. The zero-order valence-corrected chi connectivity index (χ0v) is 12.5. The molecule has 0 radical (unpaired) electrons. The van der Waals surface area contributed by atoms with Crippen LogP contribution in [0.5, 0.6) is 0 Å². The van der Waals surface area contributed by atoms with E-state index in [9.17, 15) is 17.2 Å². The molecule has 2 rings (SSSR count). The van der Waals surface area contributed by atoms with Gasteiger partial charge in [0, 0.05) is 24.4 Å². The number of benzene rings is 1. The van der Waals surface area contributed by atoms with Crippen LogP contribution in [0.1, 0.15) is 10.4 Å². The fourth-order valence-electron chi connectivity index (χ4n) is 1.65. The van der Waals surface area contributed by atoms with Crippen molar-refractivity contribution in [2.45, 2.75) is 17.2 Å². The molecule has 0 unspecified atom stereocenters. The third-order valence-corrected chi connectivity index (χ3v) is 5.75. The zero-order valence-electron chi connectivity index (χ0n) is 10.8. The summed E-state index contributed by atoms with van der Waals surface area (Å²) < 4.78 is 52.3. The van der Waals surface area contributed by atoms with E-state index < -0.39 is 21.7 Å². The molecule has 8 heteroatoms. The number of rotatable bonds is 6. The minimum absolute atomic E-state index is 0.0533. The standard InChI is InChI=1S/C13H13F2NO3S2/c14-11-3-1-9(7-12(11)15)8-16-21(18,19)13-4-2-10(20-13)5-6-17/h1-4,7,16-17H,5-6,8H2. The molecule has 0 fully saturated rings. The predicted molar refractivity (Wildman–Crippen MR) is 75.5 cm³/mol. The Bertz CT molecular complexity index is 729. The molecular formula is C13H13F2NO3S2. The summed E-state index contributed by atoms with van der Waals surface area (Å²) in [5.41, 5.74) is 0.324. The summed E-state index contributed by atoms with van der Waals surface area (Å²) in [4.78, 5) is 0.755. The Hall–Kier alpha value is -1.35. The van der Waals surface area contributed by atoms with Crippen LogP contribution in [-0.4, -0.2) is 20.1 Å². The van der Waals surface area contributed by atoms with Crippen LogP contribution in [0.3, 0.4) is 0 Å². The molecule has 0 amide bonds. The summed E-state index contributed by atoms with van der Waals surface area (Å²) >= 11 is 1.06. The molecule has 2 aromatic rings. The molecular weight excluding hydrogens is 320 g/mol. The minimum Gasteiger partial charge on any atom is -0.396 e. The van der Waals surface area contributed by atoms with Gasteiger partial charge in [-0.15, -0.1) is 11.3 Å². The lowest BCUT2D eigenvalue weighted by Gasteiger charge is -2.05. The van der Waals surface area contributed by atoms with Crippen molar-refractivity contribution in [1.29, 1.82) is 0 Å². The summed E-state index contributed by atoms with van der Waals surface area (Å²) in [5.74, 6) is -2.00. The molecule has 1 aromatic heterocycles. The Balaban J connectivity index is 2.08. The molecule has 1 heterocycles. The third-order valence-electron chi connectivity index (χ3n) is 2.71. The molecule has 0 aliphatic carbocycles. The maximum Gasteiger partial charge on any atom is 0.250 e. The molecule has 0 bridgehead atoms. The highest BCUT2D eigenvalue weighted by atomic mass is 32.2. The molecule has 114 valence electrons. The molecule has 1 aromatic carbocycles. The largest absolute Gasteiger partial charge is 0.396 e. The minimum atomic E-state index is -3.71. The van der Waals surface area contributed by atoms with Gasteiger partial charge in [0.15, 0.2) is 11.6 Å². The van der Waals surface area contributed by atoms with Gasteiger partial charge in [-0.1, -0.05) is 6.07 Å². The quantitative estimate of drug-likeness (QED) is 0.850. The number of halogens is 2. The maximum atomic E-state index is 13.0. The van der Waals surface area contributed by atoms with Crippen molar-refractivity contribution in [2.75, 3.05) is 6.61 Å². The molecule has 0 atom stereocenters. The van der Waals surface area contributed by atoms with Crippen LogP contribution in [0.2, 0.25) is 0 Å². The summed E-state index contributed by atoms with van der Waals surface area (Å²) in [6, 6.07) is 6.29. The van der Waals surface area contributed by atoms with Gasteiger partial charge in [0.1, 0.15) is 4.21 Å². The summed E-state index contributed by atoms with van der Waals surface area (Å²) in [6.45, 7) is -0.185. The zero-order chi connectivity index (χ0) is 15.5. The van der Waals surface area contributed by atoms with Crippen molar-refractivity contribution in [1.82, 2.24) is 4.72 Å². The lowest BCUT2D eigenvalue weighted by atomic mass is 10.2. The van der Waals surface area contributed by atoms with Gasteiger partial charge in [-0.25, -0.2) is 21.9 Å². The highest BCUT2D eigenvalue weighted by Crippen LogP contribution is 2.22. The monoisotopic (exact) mass is 333 g/mol. The van der Waals surface area contributed by atoms with Crippen LogP contribution in [0.15, 0.2) is 34.5 Å². The van der Waals surface area contributed by atoms with E-state index >= 15 is 0 Å². The van der Waals surface area contributed by atoms with Crippen molar-refractivity contribution >= 4 is 21.4 Å². The normalized spacial score (nSPS) is 11.8. The molecule has 0 saturated carbocycles.